The van der Waals surface area contributed by atoms with Crippen molar-refractivity contribution in [2.75, 3.05) is 13.2 Å². The molecule has 12 heteroatoms. The molecule has 0 bridgehead atoms. The fraction of sp³-hybridized carbons (Fsp3) is 0.265. The number of H-pyrrole nitrogens is 1. The van der Waals surface area contributed by atoms with E-state index in [1.54, 1.807) is 17.4 Å². The molecule has 6 N–H and O–H groups in total. The van der Waals surface area contributed by atoms with Crippen molar-refractivity contribution in [1.29, 1.82) is 0 Å². The van der Waals surface area contributed by atoms with E-state index in [0.717, 1.165) is 49.5 Å². The summed E-state index contributed by atoms with van der Waals surface area (Å²) in [5.41, 5.74) is 3.90. The molecule has 0 amide bonds. The Hall–Kier alpha value is -4.49. The Bertz CT molecular complexity index is 1760. The Kier molecular flexibility index (Phi) is 11.7. The van der Waals surface area contributed by atoms with E-state index in [1.807, 2.05) is 60.1 Å². The molecule has 3 heterocycles. The normalized spacial score (nSPS) is 11.9. The molecule has 46 heavy (non-hydrogen) atoms. The van der Waals surface area contributed by atoms with Crippen LogP contribution >= 0.6 is 22.7 Å². The van der Waals surface area contributed by atoms with Crippen LogP contribution in [0.2, 0.25) is 0 Å². The first-order chi connectivity index (χ1) is 21.9. The predicted octanol–water partition coefficient (Wildman–Crippen LogP) is 6.61. The van der Waals surface area contributed by atoms with E-state index in [4.69, 9.17) is 14.9 Å². The standard InChI is InChI=1S/C30H30N2O4S2.C4H6O4/c1-30(2,32-17-20(33)18-36-24-10-4-3-7-22(24)25-11-6-14-37-25)15-19-16-31-28-21(19)8-5-9-23(28)26-12-13-27(38-26)29(34)35;5-3(6)1-2-4(7)8/h3-14,16,20,31-33H,15,17-18H2,1-2H3,(H,34,35);1-2H2,(H,5,6)(H,7,8)/t20-;/m0./s1. The smallest absolute Gasteiger partial charge is 0.345 e. The molecule has 0 saturated carbocycles. The van der Waals surface area contributed by atoms with Gasteiger partial charge < -0.3 is 35.5 Å². The number of carboxylic acids is 3. The molecule has 5 rings (SSSR count). The predicted molar refractivity (Wildman–Crippen MR) is 180 cm³/mol. The number of nitrogens with one attached hydrogen (secondary N) is 2. The molecule has 5 aromatic rings. The molecule has 0 spiro atoms. The second kappa shape index (κ2) is 15.7. The first-order valence-electron chi connectivity index (χ1n) is 14.5. The molecule has 0 aliphatic rings. The maximum absolute atomic E-state index is 11.3. The lowest BCUT2D eigenvalue weighted by atomic mass is 9.94. The number of fused-ring (bicyclic) bond motifs is 1. The molecule has 0 radical (unpaired) electrons. The Balaban J connectivity index is 0.000000533. The summed E-state index contributed by atoms with van der Waals surface area (Å²) in [7, 11) is 0. The highest BCUT2D eigenvalue weighted by Gasteiger charge is 2.22. The molecule has 3 aromatic heterocycles. The maximum Gasteiger partial charge on any atom is 0.345 e. The molecule has 242 valence electrons. The van der Waals surface area contributed by atoms with Crippen LogP contribution in [0.15, 0.2) is 78.3 Å². The highest BCUT2D eigenvalue weighted by atomic mass is 32.1. The van der Waals surface area contributed by atoms with Crippen LogP contribution in [0.5, 0.6) is 5.75 Å². The van der Waals surface area contributed by atoms with Crippen LogP contribution in [0.3, 0.4) is 0 Å². The number of hydrogen-bond donors (Lipinski definition) is 6. The van der Waals surface area contributed by atoms with Gasteiger partial charge in [0.1, 0.15) is 23.3 Å². The van der Waals surface area contributed by atoms with E-state index in [9.17, 15) is 24.6 Å². The van der Waals surface area contributed by atoms with Gasteiger partial charge in [0.15, 0.2) is 0 Å². The minimum atomic E-state index is -1.08. The van der Waals surface area contributed by atoms with Crippen LogP contribution in [0.4, 0.5) is 0 Å². The van der Waals surface area contributed by atoms with E-state index < -0.39 is 24.0 Å². The van der Waals surface area contributed by atoms with Gasteiger partial charge in [-0.15, -0.1) is 22.7 Å². The minimum Gasteiger partial charge on any atom is -0.490 e. The van der Waals surface area contributed by atoms with Crippen LogP contribution in [-0.2, 0) is 16.0 Å². The third-order valence-electron chi connectivity index (χ3n) is 6.99. The molecule has 0 saturated heterocycles. The number of thiophene rings is 2. The van der Waals surface area contributed by atoms with Gasteiger partial charge in [0.05, 0.1) is 18.4 Å². The summed E-state index contributed by atoms with van der Waals surface area (Å²) in [6.45, 7) is 4.83. The summed E-state index contributed by atoms with van der Waals surface area (Å²) in [5.74, 6) is -2.29. The van der Waals surface area contributed by atoms with Gasteiger partial charge in [0.2, 0.25) is 0 Å². The molecule has 0 fully saturated rings. The number of aromatic nitrogens is 1. The number of β-amino-alcohol motifs (C(OH)–C–C–N with tert-alkyl or cyclic N) is 1. The van der Waals surface area contributed by atoms with Gasteiger partial charge in [0.25, 0.3) is 0 Å². The summed E-state index contributed by atoms with van der Waals surface area (Å²) in [6.07, 6.45) is 1.51. The average Bonchev–Trinajstić information content (AvgIpc) is 3.80. The summed E-state index contributed by atoms with van der Waals surface area (Å²) in [4.78, 5) is 36.4. The van der Waals surface area contributed by atoms with E-state index in [1.165, 1.54) is 11.3 Å². The Morgan fingerprint density at radius 3 is 2.26 bits per heavy atom. The van der Waals surface area contributed by atoms with Crippen LogP contribution in [0, 0.1) is 0 Å². The van der Waals surface area contributed by atoms with Crippen molar-refractivity contribution in [3.05, 3.63) is 88.7 Å². The minimum absolute atomic E-state index is 0.195. The SMILES string of the molecule is CC(C)(Cc1c[nH]c2c(-c3ccc(C(=O)O)s3)cccc12)NC[C@H](O)COc1ccccc1-c1cccs1.O=C(O)CCC(=O)O. The summed E-state index contributed by atoms with van der Waals surface area (Å²) in [5, 5.41) is 42.4. The number of benzene rings is 2. The Labute approximate surface area is 273 Å². The Morgan fingerprint density at radius 1 is 0.891 bits per heavy atom. The lowest BCUT2D eigenvalue weighted by Crippen LogP contribution is -2.46. The molecular formula is C34H36N2O8S2. The van der Waals surface area contributed by atoms with Crippen LogP contribution in [0.25, 0.3) is 31.8 Å². The summed E-state index contributed by atoms with van der Waals surface area (Å²) in [6, 6.07) is 21.6. The number of para-hydroxylation sites is 2. The molecule has 0 unspecified atom stereocenters. The zero-order valence-electron chi connectivity index (χ0n) is 25.4. The van der Waals surface area contributed by atoms with Crippen molar-refractivity contribution >= 4 is 51.5 Å². The van der Waals surface area contributed by atoms with Gasteiger partial charge in [-0.05, 0) is 61.5 Å². The average molecular weight is 665 g/mol. The molecule has 0 aliphatic carbocycles. The van der Waals surface area contributed by atoms with E-state index in [-0.39, 0.29) is 25.0 Å². The Morgan fingerprint density at radius 2 is 1.61 bits per heavy atom. The van der Waals surface area contributed by atoms with E-state index in [0.29, 0.717) is 11.4 Å². The first kappa shape index (κ1) is 34.4. The summed E-state index contributed by atoms with van der Waals surface area (Å²) >= 11 is 2.94. The third-order valence-corrected chi connectivity index (χ3v) is 9.00. The van der Waals surface area contributed by atoms with Crippen molar-refractivity contribution in [3.8, 4) is 26.6 Å². The van der Waals surface area contributed by atoms with Gasteiger partial charge in [-0.2, -0.15) is 0 Å². The summed E-state index contributed by atoms with van der Waals surface area (Å²) < 4.78 is 6.00. The van der Waals surface area contributed by atoms with Gasteiger partial charge in [-0.1, -0.05) is 36.4 Å². The maximum atomic E-state index is 11.3. The number of hydrogen-bond acceptors (Lipinski definition) is 8. The number of ether oxygens (including phenoxy) is 1. The largest absolute Gasteiger partial charge is 0.490 e. The monoisotopic (exact) mass is 664 g/mol. The topological polar surface area (TPSA) is 169 Å². The second-order valence-electron chi connectivity index (χ2n) is 11.2. The molecule has 1 atom stereocenters. The van der Waals surface area contributed by atoms with E-state index >= 15 is 0 Å². The third kappa shape index (κ3) is 9.51. The molecule has 2 aromatic carbocycles. The van der Waals surface area contributed by atoms with Crippen LogP contribution in [-0.4, -0.2) is 68.1 Å². The number of aliphatic carboxylic acids is 2. The van der Waals surface area contributed by atoms with Crippen molar-refractivity contribution in [2.24, 2.45) is 0 Å². The number of aromatic carboxylic acids is 1. The van der Waals surface area contributed by atoms with Gasteiger partial charge in [-0.3, -0.25) is 9.59 Å². The number of rotatable bonds is 14. The molecular weight excluding hydrogens is 629 g/mol. The highest BCUT2D eigenvalue weighted by molar-refractivity contribution is 7.17. The van der Waals surface area contributed by atoms with Crippen molar-refractivity contribution in [3.63, 3.8) is 0 Å². The number of carbonyl (C=O) groups is 3. The lowest BCUT2D eigenvalue weighted by Gasteiger charge is -2.28. The fourth-order valence-corrected chi connectivity index (χ4v) is 6.41. The number of aliphatic hydroxyl groups is 1. The van der Waals surface area contributed by atoms with Crippen molar-refractivity contribution in [1.82, 2.24) is 10.3 Å². The first-order valence-corrected chi connectivity index (χ1v) is 16.2. The van der Waals surface area contributed by atoms with Gasteiger partial charge in [0, 0.05) is 44.5 Å². The van der Waals surface area contributed by atoms with Crippen molar-refractivity contribution < 1.29 is 39.5 Å². The van der Waals surface area contributed by atoms with Gasteiger partial charge in [-0.25, -0.2) is 4.79 Å². The zero-order valence-corrected chi connectivity index (χ0v) is 27.0. The fourth-order valence-electron chi connectivity index (χ4n) is 4.78. The molecule has 0 aliphatic heterocycles. The quantitative estimate of drug-likeness (QED) is 0.0765. The van der Waals surface area contributed by atoms with Crippen LogP contribution in [0.1, 0.15) is 41.9 Å². The number of carboxylic acid groups (broad SMARTS) is 3. The van der Waals surface area contributed by atoms with Gasteiger partial charge >= 0.3 is 17.9 Å². The van der Waals surface area contributed by atoms with Crippen molar-refractivity contribution in [2.45, 2.75) is 44.8 Å². The molecule has 10 nitrogen and oxygen atoms in total. The van der Waals surface area contributed by atoms with Crippen LogP contribution < -0.4 is 10.1 Å². The second-order valence-corrected chi connectivity index (χ2v) is 13.2. The van der Waals surface area contributed by atoms with E-state index in [2.05, 4.69) is 36.3 Å². The zero-order chi connectivity index (χ0) is 33.3. The number of aliphatic hydroxyl groups excluding tert-OH is 1. The highest BCUT2D eigenvalue weighted by Crippen LogP contribution is 2.35. The number of aromatic amines is 1. The lowest BCUT2D eigenvalue weighted by molar-refractivity contribution is -0.143.